The van der Waals surface area contributed by atoms with Crippen molar-refractivity contribution < 1.29 is 14.5 Å². The molecule has 0 atom stereocenters. The van der Waals surface area contributed by atoms with Gasteiger partial charge in [-0.15, -0.1) is 0 Å². The number of imide groups is 1. The number of nitrogens with zero attached hydrogens (tertiary/aromatic N) is 4. The van der Waals surface area contributed by atoms with Gasteiger partial charge < -0.3 is 0 Å². The van der Waals surface area contributed by atoms with E-state index in [1.54, 1.807) is 43.8 Å². The van der Waals surface area contributed by atoms with Gasteiger partial charge in [0.25, 0.3) is 17.5 Å². The van der Waals surface area contributed by atoms with Gasteiger partial charge in [0.15, 0.2) is 0 Å². The van der Waals surface area contributed by atoms with Crippen molar-refractivity contribution >= 4 is 34.0 Å². The first-order valence-corrected chi connectivity index (χ1v) is 7.91. The molecular formula is C18H14N4O4. The molecule has 2 aromatic carbocycles. The molecule has 8 heteroatoms. The molecule has 0 radical (unpaired) electrons. The van der Waals surface area contributed by atoms with E-state index >= 15 is 0 Å². The molecule has 1 aromatic heterocycles. The number of anilines is 1. The molecule has 3 aromatic rings. The monoisotopic (exact) mass is 350 g/mol. The Morgan fingerprint density at radius 2 is 1.77 bits per heavy atom. The molecule has 0 unspecified atom stereocenters. The summed E-state index contributed by atoms with van der Waals surface area (Å²) in [6, 6.07) is 7.54. The Bertz CT molecular complexity index is 1150. The molecule has 26 heavy (non-hydrogen) atoms. The van der Waals surface area contributed by atoms with Gasteiger partial charge in [-0.1, -0.05) is 12.1 Å². The van der Waals surface area contributed by atoms with E-state index in [0.29, 0.717) is 33.4 Å². The van der Waals surface area contributed by atoms with Gasteiger partial charge in [0.05, 0.1) is 27.6 Å². The van der Waals surface area contributed by atoms with Crippen LogP contribution in [0.1, 0.15) is 32.1 Å². The SMILES string of the molecule is Cc1nn(C)c(C)c1N1C(=O)c2cccc3cc([N+](=O)[O-])cc(c23)C1=O. The number of carbonyl (C=O) groups is 2. The van der Waals surface area contributed by atoms with Crippen molar-refractivity contribution in [2.24, 2.45) is 7.05 Å². The molecule has 0 saturated heterocycles. The van der Waals surface area contributed by atoms with E-state index in [2.05, 4.69) is 5.10 Å². The molecule has 4 rings (SSSR count). The lowest BCUT2D eigenvalue weighted by Crippen LogP contribution is -2.41. The van der Waals surface area contributed by atoms with Gasteiger partial charge in [0, 0.05) is 30.1 Å². The first-order valence-electron chi connectivity index (χ1n) is 7.91. The zero-order valence-electron chi connectivity index (χ0n) is 14.3. The van der Waals surface area contributed by atoms with Crippen molar-refractivity contribution in [3.05, 3.63) is 63.0 Å². The molecule has 0 saturated carbocycles. The predicted molar refractivity (Wildman–Crippen MR) is 94.4 cm³/mol. The molecule has 8 nitrogen and oxygen atoms in total. The molecule has 130 valence electrons. The number of hydrogen-bond acceptors (Lipinski definition) is 5. The number of aromatic nitrogens is 2. The highest BCUT2D eigenvalue weighted by Gasteiger charge is 2.37. The summed E-state index contributed by atoms with van der Waals surface area (Å²) in [7, 11) is 1.73. The minimum Gasteiger partial charge on any atom is -0.270 e. The van der Waals surface area contributed by atoms with Crippen LogP contribution in [0.3, 0.4) is 0 Å². The summed E-state index contributed by atoms with van der Waals surface area (Å²) in [4.78, 5) is 38.0. The van der Waals surface area contributed by atoms with E-state index in [4.69, 9.17) is 0 Å². The summed E-state index contributed by atoms with van der Waals surface area (Å²) >= 11 is 0. The van der Waals surface area contributed by atoms with Crippen LogP contribution in [-0.2, 0) is 7.05 Å². The predicted octanol–water partition coefficient (Wildman–Crippen LogP) is 2.90. The second-order valence-electron chi connectivity index (χ2n) is 6.24. The van der Waals surface area contributed by atoms with E-state index < -0.39 is 16.7 Å². The number of aryl methyl sites for hydroxylation is 2. The van der Waals surface area contributed by atoms with Gasteiger partial charge >= 0.3 is 0 Å². The van der Waals surface area contributed by atoms with Crippen LogP contribution in [0.2, 0.25) is 0 Å². The lowest BCUT2D eigenvalue weighted by molar-refractivity contribution is -0.384. The Morgan fingerprint density at radius 3 is 2.38 bits per heavy atom. The first kappa shape index (κ1) is 15.9. The fourth-order valence-corrected chi connectivity index (χ4v) is 3.49. The van der Waals surface area contributed by atoms with E-state index in [9.17, 15) is 19.7 Å². The molecule has 1 aliphatic rings. The van der Waals surface area contributed by atoms with Crippen LogP contribution >= 0.6 is 0 Å². The highest BCUT2D eigenvalue weighted by atomic mass is 16.6. The number of carbonyl (C=O) groups excluding carboxylic acids is 2. The zero-order valence-corrected chi connectivity index (χ0v) is 14.3. The smallest absolute Gasteiger partial charge is 0.270 e. The van der Waals surface area contributed by atoms with Crippen LogP contribution in [-0.4, -0.2) is 26.5 Å². The summed E-state index contributed by atoms with van der Waals surface area (Å²) in [6.45, 7) is 3.48. The highest BCUT2D eigenvalue weighted by molar-refractivity contribution is 6.36. The van der Waals surface area contributed by atoms with Crippen LogP contribution in [0.25, 0.3) is 10.8 Å². The third-order valence-corrected chi connectivity index (χ3v) is 4.73. The van der Waals surface area contributed by atoms with Gasteiger partial charge in [-0.3, -0.25) is 24.4 Å². The van der Waals surface area contributed by atoms with Crippen molar-refractivity contribution in [2.75, 3.05) is 4.90 Å². The standard InChI is InChI=1S/C18H14N4O4/c1-9-16(10(2)20(3)19-9)21-17(23)13-6-4-5-11-7-12(22(25)26)8-14(15(11)13)18(21)24/h4-8H,1-3H3. The van der Waals surface area contributed by atoms with Crippen LogP contribution < -0.4 is 4.90 Å². The Hall–Kier alpha value is -3.55. The second kappa shape index (κ2) is 5.22. The molecule has 2 heterocycles. The van der Waals surface area contributed by atoms with Crippen molar-refractivity contribution in [2.45, 2.75) is 13.8 Å². The fraction of sp³-hybridized carbons (Fsp3) is 0.167. The third-order valence-electron chi connectivity index (χ3n) is 4.73. The van der Waals surface area contributed by atoms with E-state index in [1.165, 1.54) is 12.1 Å². The maximum atomic E-state index is 13.1. The number of rotatable bonds is 2. The van der Waals surface area contributed by atoms with E-state index in [0.717, 1.165) is 4.90 Å². The Kier molecular flexibility index (Phi) is 3.20. The number of hydrogen-bond donors (Lipinski definition) is 0. The number of nitro groups is 1. The van der Waals surface area contributed by atoms with Crippen molar-refractivity contribution in [1.29, 1.82) is 0 Å². The second-order valence-corrected chi connectivity index (χ2v) is 6.24. The summed E-state index contributed by atoms with van der Waals surface area (Å²) in [5, 5.41) is 16.5. The van der Waals surface area contributed by atoms with E-state index in [1.807, 2.05) is 0 Å². The number of nitro benzene ring substituents is 1. The van der Waals surface area contributed by atoms with Gasteiger partial charge in [0.1, 0.15) is 0 Å². The normalized spacial score (nSPS) is 13.6. The molecule has 1 aliphatic heterocycles. The quantitative estimate of drug-likeness (QED) is 0.402. The first-order chi connectivity index (χ1) is 12.3. The van der Waals surface area contributed by atoms with Crippen LogP contribution in [0.4, 0.5) is 11.4 Å². The Morgan fingerprint density at radius 1 is 1.08 bits per heavy atom. The Labute approximate surface area is 147 Å². The molecule has 0 fully saturated rings. The van der Waals surface area contributed by atoms with Crippen LogP contribution in [0.15, 0.2) is 30.3 Å². The van der Waals surface area contributed by atoms with Crippen LogP contribution in [0, 0.1) is 24.0 Å². The maximum Gasteiger partial charge on any atom is 0.270 e. The largest absolute Gasteiger partial charge is 0.270 e. The summed E-state index contributed by atoms with van der Waals surface area (Å²) < 4.78 is 1.59. The number of amides is 2. The minimum absolute atomic E-state index is 0.145. The van der Waals surface area contributed by atoms with Gasteiger partial charge in [-0.05, 0) is 25.3 Å². The average molecular weight is 350 g/mol. The van der Waals surface area contributed by atoms with Gasteiger partial charge in [-0.2, -0.15) is 5.10 Å². The average Bonchev–Trinajstić information content (AvgIpc) is 2.85. The molecule has 0 spiro atoms. The Balaban J connectivity index is 2.05. The fourth-order valence-electron chi connectivity index (χ4n) is 3.49. The highest BCUT2D eigenvalue weighted by Crippen LogP contribution is 2.37. The maximum absolute atomic E-state index is 13.1. The van der Waals surface area contributed by atoms with E-state index in [-0.39, 0.29) is 11.3 Å². The lowest BCUT2D eigenvalue weighted by Gasteiger charge is -2.27. The summed E-state index contributed by atoms with van der Waals surface area (Å²) in [5.41, 5.74) is 1.91. The number of non-ortho nitro benzene ring substituents is 1. The van der Waals surface area contributed by atoms with Crippen LogP contribution in [0.5, 0.6) is 0 Å². The minimum atomic E-state index is -0.582. The molecule has 0 bridgehead atoms. The van der Waals surface area contributed by atoms with Crippen molar-refractivity contribution in [3.63, 3.8) is 0 Å². The summed E-state index contributed by atoms with van der Waals surface area (Å²) in [6.07, 6.45) is 0. The van der Waals surface area contributed by atoms with Crippen molar-refractivity contribution in [1.82, 2.24) is 9.78 Å². The summed E-state index contributed by atoms with van der Waals surface area (Å²) in [5.74, 6) is -1.04. The lowest BCUT2D eigenvalue weighted by atomic mass is 9.93. The van der Waals surface area contributed by atoms with Crippen molar-refractivity contribution in [3.8, 4) is 0 Å². The number of benzene rings is 2. The third kappa shape index (κ3) is 1.98. The molecule has 0 N–H and O–H groups in total. The van der Waals surface area contributed by atoms with Gasteiger partial charge in [0.2, 0.25) is 0 Å². The zero-order chi connectivity index (χ0) is 18.7. The topological polar surface area (TPSA) is 98.3 Å². The molecule has 0 aliphatic carbocycles. The van der Waals surface area contributed by atoms with Gasteiger partial charge in [-0.25, -0.2) is 4.90 Å². The molecular weight excluding hydrogens is 336 g/mol. The molecule has 2 amide bonds.